The van der Waals surface area contributed by atoms with Crippen molar-refractivity contribution in [2.75, 3.05) is 20.7 Å². The summed E-state index contributed by atoms with van der Waals surface area (Å²) in [5.41, 5.74) is 0. The average Bonchev–Trinajstić information content (AvgIpc) is 1.82. The maximum absolute atomic E-state index is 5.42. The molecule has 0 unspecified atom stereocenters. The standard InChI is InChI=1S/C8H19NO/c1-7(2)10-6-8(3)9(4)5/h7-8H,6H2,1-5H3/t8-/m0/s1. The maximum Gasteiger partial charge on any atom is 0.0622 e. The lowest BCUT2D eigenvalue weighted by atomic mass is 10.3. The molecule has 0 fully saturated rings. The summed E-state index contributed by atoms with van der Waals surface area (Å²) in [6, 6.07) is 0.516. The van der Waals surface area contributed by atoms with E-state index >= 15 is 0 Å². The molecule has 0 aromatic rings. The summed E-state index contributed by atoms with van der Waals surface area (Å²) >= 11 is 0. The predicted octanol–water partition coefficient (Wildman–Crippen LogP) is 1.36. The van der Waals surface area contributed by atoms with Gasteiger partial charge in [-0.05, 0) is 34.9 Å². The van der Waals surface area contributed by atoms with E-state index in [1.807, 2.05) is 0 Å². The maximum atomic E-state index is 5.42. The van der Waals surface area contributed by atoms with E-state index in [2.05, 4.69) is 39.8 Å². The van der Waals surface area contributed by atoms with Gasteiger partial charge in [-0.25, -0.2) is 0 Å². The molecule has 0 aromatic heterocycles. The lowest BCUT2D eigenvalue weighted by molar-refractivity contribution is 0.0434. The van der Waals surface area contributed by atoms with Gasteiger partial charge in [0.1, 0.15) is 0 Å². The van der Waals surface area contributed by atoms with Crippen molar-refractivity contribution in [2.24, 2.45) is 0 Å². The Morgan fingerprint density at radius 3 is 2.00 bits per heavy atom. The highest BCUT2D eigenvalue weighted by atomic mass is 16.5. The molecule has 0 aliphatic rings. The second-order valence-electron chi connectivity index (χ2n) is 3.19. The van der Waals surface area contributed by atoms with Crippen LogP contribution in [0.2, 0.25) is 0 Å². The minimum Gasteiger partial charge on any atom is -0.377 e. The Hall–Kier alpha value is -0.0800. The van der Waals surface area contributed by atoms with Gasteiger partial charge in [0.25, 0.3) is 0 Å². The first kappa shape index (κ1) is 9.92. The average molecular weight is 145 g/mol. The van der Waals surface area contributed by atoms with Crippen LogP contribution in [0.3, 0.4) is 0 Å². The molecule has 0 N–H and O–H groups in total. The van der Waals surface area contributed by atoms with Gasteiger partial charge in [-0.2, -0.15) is 0 Å². The van der Waals surface area contributed by atoms with Crippen molar-refractivity contribution >= 4 is 0 Å². The van der Waals surface area contributed by atoms with Gasteiger partial charge in [0.2, 0.25) is 0 Å². The van der Waals surface area contributed by atoms with Crippen molar-refractivity contribution in [2.45, 2.75) is 32.9 Å². The van der Waals surface area contributed by atoms with Crippen LogP contribution in [0.4, 0.5) is 0 Å². The first-order valence-electron chi connectivity index (χ1n) is 3.82. The Kier molecular flexibility index (Phi) is 4.65. The Labute approximate surface area is 64.2 Å². The summed E-state index contributed by atoms with van der Waals surface area (Å²) < 4.78 is 5.42. The summed E-state index contributed by atoms with van der Waals surface area (Å²) in [7, 11) is 4.13. The molecule has 62 valence electrons. The molecule has 2 nitrogen and oxygen atoms in total. The summed E-state index contributed by atoms with van der Waals surface area (Å²) in [5, 5.41) is 0. The van der Waals surface area contributed by atoms with Crippen molar-refractivity contribution in [1.29, 1.82) is 0 Å². The Bertz CT molecular complexity index is 81.3. The highest BCUT2D eigenvalue weighted by Gasteiger charge is 2.04. The molecule has 2 heteroatoms. The van der Waals surface area contributed by atoms with Crippen LogP contribution in [0, 0.1) is 0 Å². The van der Waals surface area contributed by atoms with Gasteiger partial charge < -0.3 is 9.64 Å². The second-order valence-corrected chi connectivity index (χ2v) is 3.19. The van der Waals surface area contributed by atoms with Crippen LogP contribution in [-0.2, 0) is 4.74 Å². The normalized spacial score (nSPS) is 14.7. The summed E-state index contributed by atoms with van der Waals surface area (Å²) in [6.07, 6.45) is 0.349. The number of nitrogens with zero attached hydrogens (tertiary/aromatic N) is 1. The fourth-order valence-corrected chi connectivity index (χ4v) is 0.481. The zero-order chi connectivity index (χ0) is 8.15. The van der Waals surface area contributed by atoms with E-state index in [0.717, 1.165) is 6.61 Å². The molecule has 0 amide bonds. The van der Waals surface area contributed by atoms with Gasteiger partial charge in [-0.15, -0.1) is 0 Å². The molecule has 0 radical (unpaired) electrons. The zero-order valence-corrected chi connectivity index (χ0v) is 7.72. The molecule has 0 saturated carbocycles. The molecular weight excluding hydrogens is 126 g/mol. The Morgan fingerprint density at radius 2 is 1.70 bits per heavy atom. The van der Waals surface area contributed by atoms with Crippen LogP contribution in [0.1, 0.15) is 20.8 Å². The summed E-state index contributed by atoms with van der Waals surface area (Å²) in [5.74, 6) is 0. The molecule has 0 aliphatic carbocycles. The van der Waals surface area contributed by atoms with E-state index in [1.54, 1.807) is 0 Å². The fraction of sp³-hybridized carbons (Fsp3) is 1.00. The minimum absolute atomic E-state index is 0.349. The number of hydrogen-bond acceptors (Lipinski definition) is 2. The number of likely N-dealkylation sites (N-methyl/N-ethyl adjacent to an activating group) is 1. The van der Waals surface area contributed by atoms with Crippen LogP contribution < -0.4 is 0 Å². The predicted molar refractivity (Wildman–Crippen MR) is 44.2 cm³/mol. The molecular formula is C8H19NO. The van der Waals surface area contributed by atoms with Crippen LogP contribution in [-0.4, -0.2) is 37.7 Å². The molecule has 0 aromatic carbocycles. The van der Waals surface area contributed by atoms with Crippen LogP contribution in [0.5, 0.6) is 0 Å². The lowest BCUT2D eigenvalue weighted by Crippen LogP contribution is -2.30. The monoisotopic (exact) mass is 145 g/mol. The Morgan fingerprint density at radius 1 is 1.20 bits per heavy atom. The van der Waals surface area contributed by atoms with Crippen molar-refractivity contribution in [1.82, 2.24) is 4.90 Å². The minimum atomic E-state index is 0.349. The largest absolute Gasteiger partial charge is 0.377 e. The topological polar surface area (TPSA) is 12.5 Å². The third-order valence-corrected chi connectivity index (χ3v) is 1.55. The molecule has 1 atom stereocenters. The molecule has 10 heavy (non-hydrogen) atoms. The fourth-order valence-electron chi connectivity index (χ4n) is 0.481. The van der Waals surface area contributed by atoms with Gasteiger partial charge >= 0.3 is 0 Å². The molecule has 0 rings (SSSR count). The van der Waals surface area contributed by atoms with E-state index in [4.69, 9.17) is 4.74 Å². The highest BCUT2D eigenvalue weighted by molar-refractivity contribution is 4.57. The Balaban J connectivity index is 3.30. The highest BCUT2D eigenvalue weighted by Crippen LogP contribution is 1.95. The van der Waals surface area contributed by atoms with E-state index in [-0.39, 0.29) is 0 Å². The smallest absolute Gasteiger partial charge is 0.0622 e. The number of ether oxygens (including phenoxy) is 1. The molecule has 0 aliphatic heterocycles. The molecule has 0 spiro atoms. The van der Waals surface area contributed by atoms with Gasteiger partial charge in [0, 0.05) is 6.04 Å². The van der Waals surface area contributed by atoms with Crippen molar-refractivity contribution in [3.05, 3.63) is 0 Å². The molecule has 0 heterocycles. The first-order chi connectivity index (χ1) is 4.54. The third kappa shape index (κ3) is 4.77. The van der Waals surface area contributed by atoms with E-state index in [0.29, 0.717) is 12.1 Å². The number of hydrogen-bond donors (Lipinski definition) is 0. The van der Waals surface area contributed by atoms with Gasteiger partial charge in [0.05, 0.1) is 12.7 Å². The SMILES string of the molecule is CC(C)OC[C@H](C)N(C)C. The van der Waals surface area contributed by atoms with Crippen molar-refractivity contribution in [3.8, 4) is 0 Å². The number of rotatable bonds is 4. The van der Waals surface area contributed by atoms with E-state index < -0.39 is 0 Å². The van der Waals surface area contributed by atoms with Crippen LogP contribution in [0.25, 0.3) is 0 Å². The second kappa shape index (κ2) is 4.69. The molecule has 0 bridgehead atoms. The van der Waals surface area contributed by atoms with Crippen molar-refractivity contribution in [3.63, 3.8) is 0 Å². The summed E-state index contributed by atoms with van der Waals surface area (Å²) in [4.78, 5) is 2.16. The van der Waals surface area contributed by atoms with Crippen molar-refractivity contribution < 1.29 is 4.74 Å². The third-order valence-electron chi connectivity index (χ3n) is 1.55. The van der Waals surface area contributed by atoms with E-state index in [1.165, 1.54) is 0 Å². The van der Waals surface area contributed by atoms with Gasteiger partial charge in [-0.3, -0.25) is 0 Å². The van der Waals surface area contributed by atoms with Gasteiger partial charge in [-0.1, -0.05) is 0 Å². The zero-order valence-electron chi connectivity index (χ0n) is 7.72. The van der Waals surface area contributed by atoms with Gasteiger partial charge in [0.15, 0.2) is 0 Å². The first-order valence-corrected chi connectivity index (χ1v) is 3.82. The quantitative estimate of drug-likeness (QED) is 0.592. The summed E-state index contributed by atoms with van der Waals surface area (Å²) in [6.45, 7) is 7.10. The van der Waals surface area contributed by atoms with Crippen LogP contribution in [0.15, 0.2) is 0 Å². The molecule has 0 saturated heterocycles. The van der Waals surface area contributed by atoms with Crippen LogP contribution >= 0.6 is 0 Å². The van der Waals surface area contributed by atoms with E-state index in [9.17, 15) is 0 Å². The lowest BCUT2D eigenvalue weighted by Gasteiger charge is -2.20.